The second-order valence-electron chi connectivity index (χ2n) is 4.35. The molecule has 1 fully saturated rings. The lowest BCUT2D eigenvalue weighted by Crippen LogP contribution is -2.17. The van der Waals surface area contributed by atoms with E-state index >= 15 is 0 Å². The molecule has 0 aromatic heterocycles. The molecule has 1 unspecified atom stereocenters. The van der Waals surface area contributed by atoms with E-state index in [1.807, 2.05) is 0 Å². The predicted octanol–water partition coefficient (Wildman–Crippen LogP) is 3.43. The highest BCUT2D eigenvalue weighted by Gasteiger charge is 2.28. The number of nitrogens with zero attached hydrogens (tertiary/aromatic N) is 1. The first-order chi connectivity index (χ1) is 6.42. The fourth-order valence-electron chi connectivity index (χ4n) is 2.88. The second-order valence-corrected chi connectivity index (χ2v) is 4.35. The third kappa shape index (κ3) is 1.77. The van der Waals surface area contributed by atoms with Crippen molar-refractivity contribution < 1.29 is 0 Å². The van der Waals surface area contributed by atoms with Crippen LogP contribution in [0.15, 0.2) is 11.6 Å². The fourth-order valence-corrected chi connectivity index (χ4v) is 2.88. The molecule has 1 heteroatoms. The molecule has 0 bridgehead atoms. The Hall–Kier alpha value is -0.770. The van der Waals surface area contributed by atoms with Gasteiger partial charge in [0, 0.05) is 5.57 Å². The van der Waals surface area contributed by atoms with Gasteiger partial charge in [-0.2, -0.15) is 5.26 Å². The molecule has 1 saturated carbocycles. The maximum absolute atomic E-state index is 8.95. The van der Waals surface area contributed by atoms with E-state index in [9.17, 15) is 0 Å². The summed E-state index contributed by atoms with van der Waals surface area (Å²) in [5, 5.41) is 8.95. The Morgan fingerprint density at radius 2 is 1.92 bits per heavy atom. The SMILES string of the molecule is N#CC1=CCCC1C1CCCCC1. The Labute approximate surface area is 80.4 Å². The molecule has 2 aliphatic rings. The van der Waals surface area contributed by atoms with Crippen LogP contribution in [0.25, 0.3) is 0 Å². The van der Waals surface area contributed by atoms with Gasteiger partial charge in [0.1, 0.15) is 0 Å². The second kappa shape index (κ2) is 3.96. The molecule has 0 aliphatic heterocycles. The van der Waals surface area contributed by atoms with Gasteiger partial charge in [0.15, 0.2) is 0 Å². The van der Waals surface area contributed by atoms with Crippen molar-refractivity contribution in [3.05, 3.63) is 11.6 Å². The molecule has 70 valence electrons. The highest BCUT2D eigenvalue weighted by Crippen LogP contribution is 2.39. The largest absolute Gasteiger partial charge is 0.193 e. The molecule has 0 spiro atoms. The van der Waals surface area contributed by atoms with Crippen molar-refractivity contribution >= 4 is 0 Å². The lowest BCUT2D eigenvalue weighted by Gasteiger charge is -2.27. The first-order valence-electron chi connectivity index (χ1n) is 5.52. The Balaban J connectivity index is 2.00. The van der Waals surface area contributed by atoms with Crippen molar-refractivity contribution in [3.63, 3.8) is 0 Å². The van der Waals surface area contributed by atoms with Gasteiger partial charge in [-0.3, -0.25) is 0 Å². The van der Waals surface area contributed by atoms with Crippen molar-refractivity contribution in [2.45, 2.75) is 44.9 Å². The maximum Gasteiger partial charge on any atom is 0.0946 e. The molecule has 2 rings (SSSR count). The summed E-state index contributed by atoms with van der Waals surface area (Å²) in [5.74, 6) is 1.47. The van der Waals surface area contributed by atoms with Gasteiger partial charge in [-0.25, -0.2) is 0 Å². The third-order valence-corrected chi connectivity index (χ3v) is 3.59. The number of nitriles is 1. The van der Waals surface area contributed by atoms with Crippen LogP contribution in [0.4, 0.5) is 0 Å². The van der Waals surface area contributed by atoms with Gasteiger partial charge in [-0.15, -0.1) is 0 Å². The van der Waals surface area contributed by atoms with Crippen LogP contribution in [-0.4, -0.2) is 0 Å². The first kappa shape index (κ1) is 8.81. The first-order valence-corrected chi connectivity index (χ1v) is 5.52. The van der Waals surface area contributed by atoms with E-state index in [1.54, 1.807) is 0 Å². The van der Waals surface area contributed by atoms with E-state index in [4.69, 9.17) is 5.26 Å². The Morgan fingerprint density at radius 1 is 1.15 bits per heavy atom. The molecule has 0 heterocycles. The molecule has 2 aliphatic carbocycles. The summed E-state index contributed by atoms with van der Waals surface area (Å²) in [6.07, 6.45) is 11.5. The summed E-state index contributed by atoms with van der Waals surface area (Å²) < 4.78 is 0. The van der Waals surface area contributed by atoms with Gasteiger partial charge < -0.3 is 0 Å². The monoisotopic (exact) mass is 175 g/mol. The molecular weight excluding hydrogens is 158 g/mol. The van der Waals surface area contributed by atoms with Crippen LogP contribution < -0.4 is 0 Å². The van der Waals surface area contributed by atoms with Gasteiger partial charge in [0.25, 0.3) is 0 Å². The zero-order chi connectivity index (χ0) is 9.10. The van der Waals surface area contributed by atoms with E-state index in [0.717, 1.165) is 17.9 Å². The summed E-state index contributed by atoms with van der Waals surface area (Å²) in [4.78, 5) is 0. The van der Waals surface area contributed by atoms with Gasteiger partial charge in [-0.1, -0.05) is 25.3 Å². The minimum Gasteiger partial charge on any atom is -0.193 e. The van der Waals surface area contributed by atoms with Gasteiger partial charge >= 0.3 is 0 Å². The summed E-state index contributed by atoms with van der Waals surface area (Å²) in [5.41, 5.74) is 1.09. The quantitative estimate of drug-likeness (QED) is 0.599. The predicted molar refractivity (Wildman–Crippen MR) is 53.0 cm³/mol. The maximum atomic E-state index is 8.95. The van der Waals surface area contributed by atoms with Crippen molar-refractivity contribution in [2.24, 2.45) is 11.8 Å². The zero-order valence-electron chi connectivity index (χ0n) is 8.13. The number of hydrogen-bond donors (Lipinski definition) is 0. The molecule has 0 N–H and O–H groups in total. The number of rotatable bonds is 1. The number of allylic oxidation sites excluding steroid dienone is 2. The molecule has 0 saturated heterocycles. The summed E-state index contributed by atoms with van der Waals surface area (Å²) >= 11 is 0. The van der Waals surface area contributed by atoms with Gasteiger partial charge in [-0.05, 0) is 37.5 Å². The van der Waals surface area contributed by atoms with Crippen LogP contribution in [0.3, 0.4) is 0 Å². The van der Waals surface area contributed by atoms with Crippen LogP contribution in [0, 0.1) is 23.2 Å². The topological polar surface area (TPSA) is 23.8 Å². The molecular formula is C12H17N. The van der Waals surface area contributed by atoms with E-state index in [-0.39, 0.29) is 0 Å². The lowest BCUT2D eigenvalue weighted by atomic mass is 9.77. The van der Waals surface area contributed by atoms with Gasteiger partial charge in [0.05, 0.1) is 6.07 Å². The smallest absolute Gasteiger partial charge is 0.0946 e. The van der Waals surface area contributed by atoms with Crippen LogP contribution >= 0.6 is 0 Å². The standard InChI is InChI=1S/C12H17N/c13-9-11-7-4-8-12(11)10-5-2-1-3-6-10/h7,10,12H,1-6,8H2. The minimum absolute atomic E-state index is 0.630. The van der Waals surface area contributed by atoms with Crippen molar-refractivity contribution in [2.75, 3.05) is 0 Å². The van der Waals surface area contributed by atoms with Crippen LogP contribution in [0.1, 0.15) is 44.9 Å². The minimum atomic E-state index is 0.630. The van der Waals surface area contributed by atoms with E-state index in [1.165, 1.54) is 38.5 Å². The Kier molecular flexibility index (Phi) is 2.68. The lowest BCUT2D eigenvalue weighted by molar-refractivity contribution is 0.278. The molecule has 1 nitrogen and oxygen atoms in total. The van der Waals surface area contributed by atoms with Crippen LogP contribution in [0.5, 0.6) is 0 Å². The Bertz CT molecular complexity index is 240. The summed E-state index contributed by atoms with van der Waals surface area (Å²) in [6, 6.07) is 2.37. The van der Waals surface area contributed by atoms with E-state index in [2.05, 4.69) is 12.1 Å². The van der Waals surface area contributed by atoms with Crippen molar-refractivity contribution in [1.29, 1.82) is 5.26 Å². The van der Waals surface area contributed by atoms with Gasteiger partial charge in [0.2, 0.25) is 0 Å². The zero-order valence-corrected chi connectivity index (χ0v) is 8.13. The fraction of sp³-hybridized carbons (Fsp3) is 0.750. The molecule has 1 atom stereocenters. The average Bonchev–Trinajstić information content (AvgIpc) is 2.67. The van der Waals surface area contributed by atoms with E-state index < -0.39 is 0 Å². The van der Waals surface area contributed by atoms with Crippen LogP contribution in [-0.2, 0) is 0 Å². The molecule has 0 aromatic rings. The molecule has 13 heavy (non-hydrogen) atoms. The summed E-state index contributed by atoms with van der Waals surface area (Å²) in [6.45, 7) is 0. The molecule has 0 aromatic carbocycles. The third-order valence-electron chi connectivity index (χ3n) is 3.59. The summed E-state index contributed by atoms with van der Waals surface area (Å²) in [7, 11) is 0. The van der Waals surface area contributed by atoms with Crippen molar-refractivity contribution in [1.82, 2.24) is 0 Å². The van der Waals surface area contributed by atoms with E-state index in [0.29, 0.717) is 5.92 Å². The number of hydrogen-bond acceptors (Lipinski definition) is 1. The highest BCUT2D eigenvalue weighted by molar-refractivity contribution is 5.28. The van der Waals surface area contributed by atoms with Crippen molar-refractivity contribution in [3.8, 4) is 6.07 Å². The normalized spacial score (nSPS) is 29.8. The Morgan fingerprint density at radius 3 is 2.62 bits per heavy atom. The molecule has 0 radical (unpaired) electrons. The molecule has 0 amide bonds. The highest BCUT2D eigenvalue weighted by atomic mass is 14.4. The van der Waals surface area contributed by atoms with Crippen LogP contribution in [0.2, 0.25) is 0 Å². The average molecular weight is 175 g/mol.